The molecule has 0 aromatic heterocycles. The summed E-state index contributed by atoms with van der Waals surface area (Å²) in [6.07, 6.45) is 0. The molecule has 0 saturated carbocycles. The summed E-state index contributed by atoms with van der Waals surface area (Å²) in [5, 5.41) is 0. The first-order valence-electron chi connectivity index (χ1n) is 6.23. The maximum absolute atomic E-state index is 5.05. The molecule has 0 aliphatic heterocycles. The second-order valence-corrected chi connectivity index (χ2v) is 12.3. The van der Waals surface area contributed by atoms with Gasteiger partial charge in [-0.15, -0.1) is 0 Å². The van der Waals surface area contributed by atoms with Crippen molar-refractivity contribution in [2.24, 2.45) is 3.34 Å². The molecular formula is C11H29N4Nb. The van der Waals surface area contributed by atoms with Gasteiger partial charge in [0, 0.05) is 0 Å². The molecule has 0 radical (unpaired) electrons. The van der Waals surface area contributed by atoms with Crippen LogP contribution in [0, 0.1) is 0 Å². The van der Waals surface area contributed by atoms with Crippen molar-refractivity contribution in [3.63, 3.8) is 0 Å². The van der Waals surface area contributed by atoms with E-state index in [9.17, 15) is 0 Å². The molecule has 98 valence electrons. The third-order valence-electron chi connectivity index (χ3n) is 3.08. The molecule has 0 saturated heterocycles. The fourth-order valence-electron chi connectivity index (χ4n) is 1.86. The Bertz CT molecular complexity index is 209. The Hall–Kier alpha value is 0.420. The van der Waals surface area contributed by atoms with Crippen LogP contribution in [0.5, 0.6) is 0 Å². The van der Waals surface area contributed by atoms with Gasteiger partial charge in [-0.3, -0.25) is 0 Å². The summed E-state index contributed by atoms with van der Waals surface area (Å²) in [6, 6.07) is 0. The molecule has 0 atom stereocenters. The number of hydrogen-bond acceptors (Lipinski definition) is 1. The van der Waals surface area contributed by atoms with E-state index in [1.807, 2.05) is 0 Å². The summed E-state index contributed by atoms with van der Waals surface area (Å²) in [4.78, 5) is 0. The van der Waals surface area contributed by atoms with Gasteiger partial charge in [0.15, 0.2) is 0 Å². The molecule has 5 heteroatoms. The monoisotopic (exact) mass is 310 g/mol. The van der Waals surface area contributed by atoms with Gasteiger partial charge in [0.2, 0.25) is 0 Å². The molecule has 0 aromatic rings. The zero-order valence-corrected chi connectivity index (χ0v) is 14.3. The predicted octanol–water partition coefficient (Wildman–Crippen LogP) is 1.94. The van der Waals surface area contributed by atoms with E-state index < -0.39 is 17.7 Å². The molecule has 0 rings (SSSR count). The van der Waals surface area contributed by atoms with Crippen molar-refractivity contribution in [1.29, 1.82) is 0 Å². The number of nitrogens with zero attached hydrogens (tertiary/aromatic N) is 4. The van der Waals surface area contributed by atoms with E-state index in [0.717, 1.165) is 26.2 Å². The maximum atomic E-state index is 5.05. The second kappa shape index (κ2) is 7.69. The minimum absolute atomic E-state index is 0.921. The fraction of sp³-hybridized carbons (Fsp3) is 1.00. The standard InChI is InChI=1S/3C3H8N.C2H5N.Nb/c3*1-3-4-2;1-2-3;/h3*3H2,1-2H3;2H2,1H3;/q3*-1;;+3. The summed E-state index contributed by atoms with van der Waals surface area (Å²) >= 11 is -2.72. The van der Waals surface area contributed by atoms with Crippen LogP contribution in [-0.4, -0.2) is 57.2 Å². The Balaban J connectivity index is 5.49. The van der Waals surface area contributed by atoms with Crippen LogP contribution in [0.15, 0.2) is 3.34 Å². The first-order chi connectivity index (χ1) is 7.50. The van der Waals surface area contributed by atoms with E-state index in [1.54, 1.807) is 0 Å². The average Bonchev–Trinajstić information content (AvgIpc) is 2.32. The van der Waals surface area contributed by atoms with Crippen molar-refractivity contribution >= 4 is 0 Å². The number of rotatable bonds is 7. The third-order valence-corrected chi connectivity index (χ3v) is 13.5. The van der Waals surface area contributed by atoms with E-state index in [4.69, 9.17) is 3.34 Å². The van der Waals surface area contributed by atoms with Crippen molar-refractivity contribution in [1.82, 2.24) is 9.91 Å². The molecule has 0 unspecified atom stereocenters. The fourth-order valence-corrected chi connectivity index (χ4v) is 11.0. The van der Waals surface area contributed by atoms with Crippen LogP contribution < -0.4 is 0 Å². The molecule has 0 aliphatic carbocycles. The molecule has 0 heterocycles. The summed E-state index contributed by atoms with van der Waals surface area (Å²) in [7, 11) is 6.68. The van der Waals surface area contributed by atoms with Crippen LogP contribution in [0.25, 0.3) is 0 Å². The normalized spacial score (nSPS) is 12.9. The van der Waals surface area contributed by atoms with Crippen molar-refractivity contribution in [3.8, 4) is 0 Å². The van der Waals surface area contributed by atoms with Gasteiger partial charge >= 0.3 is 106 Å². The molecule has 16 heavy (non-hydrogen) atoms. The van der Waals surface area contributed by atoms with E-state index in [0.29, 0.717) is 0 Å². The first-order valence-corrected chi connectivity index (χ1v) is 10.2. The SMILES string of the molecule is CC[N]=[Nb]([N](C)CC)([N](C)CC)[N](C)CC. The Morgan fingerprint density at radius 2 is 1.06 bits per heavy atom. The van der Waals surface area contributed by atoms with E-state index in [-0.39, 0.29) is 0 Å². The summed E-state index contributed by atoms with van der Waals surface area (Å²) in [5.41, 5.74) is 0. The number of hydrogen-bond donors (Lipinski definition) is 0. The third kappa shape index (κ3) is 3.22. The van der Waals surface area contributed by atoms with Gasteiger partial charge in [-0.25, -0.2) is 0 Å². The zero-order valence-electron chi connectivity index (χ0n) is 12.1. The van der Waals surface area contributed by atoms with Crippen molar-refractivity contribution in [3.05, 3.63) is 0 Å². The summed E-state index contributed by atoms with van der Waals surface area (Å²) < 4.78 is 12.5. The molecule has 0 amide bonds. The van der Waals surface area contributed by atoms with Gasteiger partial charge in [0.05, 0.1) is 0 Å². The molecule has 0 spiro atoms. The molecule has 0 N–H and O–H groups in total. The Morgan fingerprint density at radius 3 is 1.25 bits per heavy atom. The zero-order chi connectivity index (χ0) is 12.8. The van der Waals surface area contributed by atoms with Gasteiger partial charge in [-0.05, 0) is 0 Å². The first kappa shape index (κ1) is 16.4. The van der Waals surface area contributed by atoms with Crippen LogP contribution in [0.1, 0.15) is 27.7 Å². The molecule has 0 bridgehead atoms. The van der Waals surface area contributed by atoms with Crippen molar-refractivity contribution in [2.75, 3.05) is 47.3 Å². The molecule has 0 fully saturated rings. The Labute approximate surface area is 106 Å². The van der Waals surface area contributed by atoms with Crippen molar-refractivity contribution in [2.45, 2.75) is 27.7 Å². The van der Waals surface area contributed by atoms with Gasteiger partial charge in [0.25, 0.3) is 0 Å². The Kier molecular flexibility index (Phi) is 7.89. The van der Waals surface area contributed by atoms with Gasteiger partial charge < -0.3 is 0 Å². The molecular weight excluding hydrogens is 281 g/mol. The van der Waals surface area contributed by atoms with Crippen LogP contribution in [0.4, 0.5) is 0 Å². The van der Waals surface area contributed by atoms with Crippen LogP contribution >= 0.6 is 0 Å². The molecule has 0 aromatic carbocycles. The van der Waals surface area contributed by atoms with Gasteiger partial charge in [0.1, 0.15) is 0 Å². The van der Waals surface area contributed by atoms with Crippen LogP contribution in [-0.2, 0) is 17.7 Å². The summed E-state index contributed by atoms with van der Waals surface area (Å²) in [6.45, 7) is 13.0. The summed E-state index contributed by atoms with van der Waals surface area (Å²) in [5.74, 6) is 0. The van der Waals surface area contributed by atoms with Gasteiger partial charge in [-0.2, -0.15) is 0 Å². The second-order valence-electron chi connectivity index (χ2n) is 3.92. The van der Waals surface area contributed by atoms with E-state index in [2.05, 4.69) is 58.7 Å². The predicted molar refractivity (Wildman–Crippen MR) is 67.9 cm³/mol. The molecule has 4 nitrogen and oxygen atoms in total. The quantitative estimate of drug-likeness (QED) is 0.671. The minimum atomic E-state index is -2.72. The van der Waals surface area contributed by atoms with E-state index >= 15 is 0 Å². The van der Waals surface area contributed by atoms with Crippen molar-refractivity contribution < 1.29 is 17.7 Å². The van der Waals surface area contributed by atoms with Crippen LogP contribution in [0.3, 0.4) is 0 Å². The van der Waals surface area contributed by atoms with Crippen LogP contribution in [0.2, 0.25) is 0 Å². The average molecular weight is 310 g/mol. The Morgan fingerprint density at radius 1 is 0.750 bits per heavy atom. The van der Waals surface area contributed by atoms with E-state index in [1.165, 1.54) is 0 Å². The topological polar surface area (TPSA) is 22.1 Å². The van der Waals surface area contributed by atoms with Gasteiger partial charge in [-0.1, -0.05) is 0 Å². The molecule has 0 aliphatic rings.